The van der Waals surface area contributed by atoms with Gasteiger partial charge in [-0.25, -0.2) is 15.0 Å². The van der Waals surface area contributed by atoms with Crippen molar-refractivity contribution in [3.63, 3.8) is 0 Å². The maximum atomic E-state index is 10.2. The summed E-state index contributed by atoms with van der Waals surface area (Å²) in [6.45, 7) is -0.306. The molecule has 158 valence electrons. The predicted molar refractivity (Wildman–Crippen MR) is 116 cm³/mol. The lowest BCUT2D eigenvalue weighted by Crippen LogP contribution is -2.24. The summed E-state index contributed by atoms with van der Waals surface area (Å²) in [7, 11) is 0. The lowest BCUT2D eigenvalue weighted by molar-refractivity contribution is -0.0434. The molecule has 4 N–H and O–H groups in total. The van der Waals surface area contributed by atoms with Crippen molar-refractivity contribution in [1.29, 1.82) is 5.26 Å². The smallest absolute Gasteiger partial charge is 0.190 e. The Bertz CT molecular complexity index is 1450. The fraction of sp³-hybridized carbons (Fsp3) is 0.217. The highest BCUT2D eigenvalue weighted by Crippen LogP contribution is 2.33. The lowest BCUT2D eigenvalue weighted by atomic mass is 10.0. The number of hydrogen-bond acceptors (Lipinski definition) is 8. The molecule has 5 rings (SSSR count). The molecule has 0 radical (unpaired) electrons. The fourth-order valence-corrected chi connectivity index (χ4v) is 3.95. The summed E-state index contributed by atoms with van der Waals surface area (Å²) in [5.74, 6) is 6.76. The van der Waals surface area contributed by atoms with Crippen LogP contribution in [0.4, 0.5) is 5.82 Å². The number of rotatable bonds is 2. The second kappa shape index (κ2) is 7.91. The Morgan fingerprint density at radius 1 is 1.12 bits per heavy atom. The molecule has 9 heteroatoms. The normalized spacial score (nSPS) is 20.2. The molecule has 4 aromatic rings. The largest absolute Gasteiger partial charge is 0.394 e. The van der Waals surface area contributed by atoms with Crippen molar-refractivity contribution < 1.29 is 14.9 Å². The first-order chi connectivity index (χ1) is 15.6. The van der Waals surface area contributed by atoms with Crippen LogP contribution in [0.5, 0.6) is 0 Å². The van der Waals surface area contributed by atoms with Gasteiger partial charge in [-0.3, -0.25) is 4.57 Å². The summed E-state index contributed by atoms with van der Waals surface area (Å²) >= 11 is 0. The number of aliphatic hydroxyl groups excluding tert-OH is 2. The van der Waals surface area contributed by atoms with Crippen molar-refractivity contribution >= 4 is 27.8 Å². The molecule has 1 saturated heterocycles. The molecule has 3 heterocycles. The van der Waals surface area contributed by atoms with E-state index >= 15 is 0 Å². The van der Waals surface area contributed by atoms with E-state index < -0.39 is 18.4 Å². The first kappa shape index (κ1) is 19.9. The Hall–Kier alpha value is -4.02. The molecule has 0 saturated carbocycles. The number of imidazole rings is 1. The lowest BCUT2D eigenvalue weighted by Gasteiger charge is -2.14. The van der Waals surface area contributed by atoms with Crippen LogP contribution >= 0.6 is 0 Å². The van der Waals surface area contributed by atoms with Gasteiger partial charge in [0.1, 0.15) is 18.7 Å². The predicted octanol–water partition coefficient (Wildman–Crippen LogP) is 1.47. The van der Waals surface area contributed by atoms with Gasteiger partial charge in [0, 0.05) is 17.4 Å². The van der Waals surface area contributed by atoms with Crippen molar-refractivity contribution in [1.82, 2.24) is 19.5 Å². The maximum absolute atomic E-state index is 10.2. The molecule has 1 aliphatic rings. The van der Waals surface area contributed by atoms with Crippen LogP contribution in [0.25, 0.3) is 21.9 Å². The van der Waals surface area contributed by atoms with Crippen LogP contribution in [0.1, 0.15) is 29.6 Å². The van der Waals surface area contributed by atoms with E-state index in [1.807, 2.05) is 24.3 Å². The van der Waals surface area contributed by atoms with Crippen molar-refractivity contribution in [2.75, 3.05) is 12.3 Å². The number of nitriles is 1. The van der Waals surface area contributed by atoms with Gasteiger partial charge in [-0.15, -0.1) is 0 Å². The van der Waals surface area contributed by atoms with E-state index in [-0.39, 0.29) is 18.8 Å². The Morgan fingerprint density at radius 2 is 1.88 bits per heavy atom. The second-order valence-corrected chi connectivity index (χ2v) is 7.42. The third-order valence-electron chi connectivity index (χ3n) is 5.53. The summed E-state index contributed by atoms with van der Waals surface area (Å²) in [5.41, 5.74) is 8.12. The molecule has 2 aromatic carbocycles. The topological polar surface area (TPSA) is 143 Å². The maximum Gasteiger partial charge on any atom is 0.190 e. The molecule has 2 aromatic heterocycles. The quantitative estimate of drug-likeness (QED) is 0.409. The SMILES string of the molecule is N#Cc1ccc(C#Cc2nc3c(N)ncnc3n2[C@H]2C[C@H](O)[C@@H](CO)O2)c2ccccc12. The molecule has 0 spiro atoms. The van der Waals surface area contributed by atoms with Crippen LogP contribution in [0.3, 0.4) is 0 Å². The average molecular weight is 426 g/mol. The number of aromatic nitrogens is 4. The number of ether oxygens (including phenoxy) is 1. The molecule has 9 nitrogen and oxygen atoms in total. The fourth-order valence-electron chi connectivity index (χ4n) is 3.95. The van der Waals surface area contributed by atoms with Crippen LogP contribution in [0, 0.1) is 23.2 Å². The van der Waals surface area contributed by atoms with Crippen molar-refractivity contribution in [2.45, 2.75) is 24.9 Å². The minimum atomic E-state index is -0.829. The Kier molecular flexibility index (Phi) is 4.92. The van der Waals surface area contributed by atoms with Gasteiger partial charge in [0.05, 0.1) is 24.3 Å². The average Bonchev–Trinajstić information content (AvgIpc) is 3.37. The van der Waals surface area contributed by atoms with E-state index in [1.165, 1.54) is 6.33 Å². The molecule has 32 heavy (non-hydrogen) atoms. The summed E-state index contributed by atoms with van der Waals surface area (Å²) < 4.78 is 7.50. The molecule has 3 atom stereocenters. The first-order valence-corrected chi connectivity index (χ1v) is 9.97. The van der Waals surface area contributed by atoms with E-state index in [1.54, 1.807) is 16.7 Å². The second-order valence-electron chi connectivity index (χ2n) is 7.42. The van der Waals surface area contributed by atoms with E-state index in [2.05, 4.69) is 32.9 Å². The minimum absolute atomic E-state index is 0.206. The van der Waals surface area contributed by atoms with Crippen LogP contribution < -0.4 is 5.73 Å². The van der Waals surface area contributed by atoms with E-state index in [9.17, 15) is 15.5 Å². The number of fused-ring (bicyclic) bond motifs is 2. The van der Waals surface area contributed by atoms with Crippen molar-refractivity contribution in [3.8, 4) is 17.9 Å². The number of nitrogen functional groups attached to an aromatic ring is 1. The molecule has 0 unspecified atom stereocenters. The van der Waals surface area contributed by atoms with Gasteiger partial charge in [-0.2, -0.15) is 5.26 Å². The Balaban J connectivity index is 1.66. The van der Waals surface area contributed by atoms with Gasteiger partial charge in [0.25, 0.3) is 0 Å². The van der Waals surface area contributed by atoms with Gasteiger partial charge < -0.3 is 20.7 Å². The zero-order valence-electron chi connectivity index (χ0n) is 16.8. The minimum Gasteiger partial charge on any atom is -0.394 e. The molecule has 1 aliphatic heterocycles. The summed E-state index contributed by atoms with van der Waals surface area (Å²) in [6.07, 6.45) is -0.584. The Labute approximate surface area is 182 Å². The summed E-state index contributed by atoms with van der Waals surface area (Å²) in [6, 6.07) is 13.3. The number of nitrogens with two attached hydrogens (primary N) is 1. The summed E-state index contributed by atoms with van der Waals surface area (Å²) in [5, 5.41) is 30.7. The third-order valence-corrected chi connectivity index (χ3v) is 5.53. The van der Waals surface area contributed by atoms with Crippen LogP contribution in [-0.2, 0) is 4.74 Å². The van der Waals surface area contributed by atoms with Crippen molar-refractivity contribution in [3.05, 3.63) is 59.7 Å². The van der Waals surface area contributed by atoms with Crippen molar-refractivity contribution in [2.24, 2.45) is 0 Å². The standard InChI is InChI=1S/C23H18N6O3/c24-10-14-6-5-13(15-3-1-2-4-16(14)15)7-8-19-28-21-22(25)26-12-27-23(21)29(19)20-9-17(31)18(11-30)32-20/h1-6,12,17-18,20,30-31H,9,11H2,(H2,25,26,27)/t17-,18+,20+/m0/s1. The molecule has 1 fully saturated rings. The molecule has 0 aliphatic carbocycles. The number of hydrogen-bond donors (Lipinski definition) is 3. The number of aliphatic hydroxyl groups is 2. The molecular weight excluding hydrogens is 408 g/mol. The number of benzene rings is 2. The molecular formula is C23H18N6O3. The molecule has 0 bridgehead atoms. The van der Waals surface area contributed by atoms with E-state index in [4.69, 9.17) is 10.5 Å². The van der Waals surface area contributed by atoms with Crippen LogP contribution in [-0.4, -0.2) is 48.5 Å². The van der Waals surface area contributed by atoms with Gasteiger partial charge in [0.2, 0.25) is 0 Å². The van der Waals surface area contributed by atoms with Crippen LogP contribution in [0.15, 0.2) is 42.7 Å². The highest BCUT2D eigenvalue weighted by molar-refractivity contribution is 5.92. The zero-order valence-corrected chi connectivity index (χ0v) is 16.8. The van der Waals surface area contributed by atoms with Gasteiger partial charge >= 0.3 is 0 Å². The monoisotopic (exact) mass is 426 g/mol. The van der Waals surface area contributed by atoms with Gasteiger partial charge in [0.15, 0.2) is 22.8 Å². The Morgan fingerprint density at radius 3 is 2.59 bits per heavy atom. The van der Waals surface area contributed by atoms with Gasteiger partial charge in [-0.1, -0.05) is 30.2 Å². The highest BCUT2D eigenvalue weighted by atomic mass is 16.5. The zero-order chi connectivity index (χ0) is 22.2. The van der Waals surface area contributed by atoms with Crippen LogP contribution in [0.2, 0.25) is 0 Å². The highest BCUT2D eigenvalue weighted by Gasteiger charge is 2.36. The van der Waals surface area contributed by atoms with Gasteiger partial charge in [-0.05, 0) is 23.4 Å². The van der Waals surface area contributed by atoms with E-state index in [0.29, 0.717) is 22.6 Å². The number of anilines is 1. The first-order valence-electron chi connectivity index (χ1n) is 9.97. The summed E-state index contributed by atoms with van der Waals surface area (Å²) in [4.78, 5) is 12.8. The third kappa shape index (κ3) is 3.22. The van der Waals surface area contributed by atoms with E-state index in [0.717, 1.165) is 16.3 Å². The molecule has 0 amide bonds. The number of nitrogens with zero attached hydrogens (tertiary/aromatic N) is 5.